The molecule has 1 unspecified atom stereocenters. The number of amides is 2. The highest BCUT2D eigenvalue weighted by atomic mass is 16.5. The number of benzene rings is 2. The highest BCUT2D eigenvalue weighted by Crippen LogP contribution is 2.24. The lowest BCUT2D eigenvalue weighted by atomic mass is 9.91. The Kier molecular flexibility index (Phi) is 7.61. The number of rotatable bonds is 8. The van der Waals surface area contributed by atoms with Gasteiger partial charge in [0.15, 0.2) is 0 Å². The van der Waals surface area contributed by atoms with Crippen LogP contribution in [-0.2, 0) is 16.0 Å². The number of carbonyl (C=O) groups excluding carboxylic acids is 2. The van der Waals surface area contributed by atoms with Crippen molar-refractivity contribution in [3.8, 4) is 0 Å². The van der Waals surface area contributed by atoms with Crippen molar-refractivity contribution in [3.63, 3.8) is 0 Å². The molecule has 0 bridgehead atoms. The third-order valence-corrected chi connectivity index (χ3v) is 5.91. The molecular formula is C23H31N3O3. The summed E-state index contributed by atoms with van der Waals surface area (Å²) in [5, 5.41) is 10.9. The summed E-state index contributed by atoms with van der Waals surface area (Å²) in [7, 11) is 0. The molecule has 0 saturated carbocycles. The van der Waals surface area contributed by atoms with Gasteiger partial charge in [-0.1, -0.05) is 42.5 Å². The first kappa shape index (κ1) is 21.3. The number of nitrogens with zero attached hydrogens (tertiary/aromatic N) is 1. The standard InChI is InChI=1S/C23H31N3O3/c24-20(15-19-8-4-7-18-6-1-2-9-21(18)19)16-23(28)26-13-11-17(12-14-26)5-3-10-22(27)25-29/h1-2,4,6-9,17,20,29H,3,5,10-16,24H2,(H,25,27). The number of hydrogen-bond acceptors (Lipinski definition) is 4. The Morgan fingerprint density at radius 3 is 2.62 bits per heavy atom. The number of fused-ring (bicyclic) bond motifs is 1. The van der Waals surface area contributed by atoms with Crippen molar-refractivity contribution >= 4 is 22.6 Å². The lowest BCUT2D eigenvalue weighted by Crippen LogP contribution is -2.41. The minimum atomic E-state index is -0.335. The molecule has 2 aromatic rings. The molecule has 1 aliphatic heterocycles. The quantitative estimate of drug-likeness (QED) is 0.471. The van der Waals surface area contributed by atoms with E-state index in [4.69, 9.17) is 10.9 Å². The molecule has 0 aromatic heterocycles. The van der Waals surface area contributed by atoms with Crippen molar-refractivity contribution in [2.24, 2.45) is 11.7 Å². The van der Waals surface area contributed by atoms with E-state index in [1.807, 2.05) is 23.1 Å². The SMILES string of the molecule is NC(CC(=O)N1CCC(CCCC(=O)NO)CC1)Cc1cccc2ccccc12. The number of hydrogen-bond donors (Lipinski definition) is 3. The van der Waals surface area contributed by atoms with Crippen LogP contribution in [0.2, 0.25) is 0 Å². The Balaban J connectivity index is 1.44. The zero-order chi connectivity index (χ0) is 20.6. The van der Waals surface area contributed by atoms with Crippen LogP contribution in [0.3, 0.4) is 0 Å². The van der Waals surface area contributed by atoms with Crippen LogP contribution in [0.5, 0.6) is 0 Å². The van der Waals surface area contributed by atoms with Crippen molar-refractivity contribution in [1.29, 1.82) is 0 Å². The van der Waals surface area contributed by atoms with Crippen LogP contribution < -0.4 is 11.2 Å². The van der Waals surface area contributed by atoms with Gasteiger partial charge in [0.25, 0.3) is 0 Å². The summed E-state index contributed by atoms with van der Waals surface area (Å²) in [4.78, 5) is 25.7. The van der Waals surface area contributed by atoms with Gasteiger partial charge in [-0.3, -0.25) is 14.8 Å². The fourth-order valence-electron chi connectivity index (χ4n) is 4.26. The lowest BCUT2D eigenvalue weighted by Gasteiger charge is -2.32. The molecule has 29 heavy (non-hydrogen) atoms. The second kappa shape index (κ2) is 10.4. The van der Waals surface area contributed by atoms with Gasteiger partial charge in [0.2, 0.25) is 11.8 Å². The van der Waals surface area contributed by atoms with Gasteiger partial charge < -0.3 is 10.6 Å². The Labute approximate surface area is 172 Å². The number of nitrogens with one attached hydrogen (secondary N) is 1. The van der Waals surface area contributed by atoms with Crippen molar-refractivity contribution in [2.45, 2.75) is 51.0 Å². The van der Waals surface area contributed by atoms with Crippen LogP contribution in [0.15, 0.2) is 42.5 Å². The fraction of sp³-hybridized carbons (Fsp3) is 0.478. The minimum Gasteiger partial charge on any atom is -0.343 e. The van der Waals surface area contributed by atoms with E-state index in [0.29, 0.717) is 25.2 Å². The van der Waals surface area contributed by atoms with Crippen LogP contribution in [0.4, 0.5) is 0 Å². The summed E-state index contributed by atoms with van der Waals surface area (Å²) in [6.45, 7) is 1.52. The molecule has 3 rings (SSSR count). The van der Waals surface area contributed by atoms with Gasteiger partial charge in [-0.05, 0) is 54.4 Å². The molecule has 1 saturated heterocycles. The van der Waals surface area contributed by atoms with Gasteiger partial charge in [-0.15, -0.1) is 0 Å². The van der Waals surface area contributed by atoms with Crippen LogP contribution in [0, 0.1) is 5.92 Å². The average Bonchev–Trinajstić information content (AvgIpc) is 2.74. The minimum absolute atomic E-state index is 0.135. The van der Waals surface area contributed by atoms with Crippen LogP contribution in [0.1, 0.15) is 44.1 Å². The average molecular weight is 398 g/mol. The second-order valence-electron chi connectivity index (χ2n) is 8.06. The maximum atomic E-state index is 12.7. The van der Waals surface area contributed by atoms with Crippen molar-refractivity contribution in [2.75, 3.05) is 13.1 Å². The maximum Gasteiger partial charge on any atom is 0.243 e. The van der Waals surface area contributed by atoms with E-state index in [1.165, 1.54) is 16.3 Å². The third-order valence-electron chi connectivity index (χ3n) is 5.91. The van der Waals surface area contributed by atoms with Crippen molar-refractivity contribution < 1.29 is 14.8 Å². The normalized spacial score (nSPS) is 16.0. The molecule has 0 aliphatic carbocycles. The number of nitrogens with two attached hydrogens (primary N) is 1. The lowest BCUT2D eigenvalue weighted by molar-refractivity contribution is -0.133. The maximum absolute atomic E-state index is 12.7. The molecule has 1 aliphatic rings. The zero-order valence-electron chi connectivity index (χ0n) is 16.8. The van der Waals surface area contributed by atoms with E-state index < -0.39 is 0 Å². The predicted molar refractivity (Wildman–Crippen MR) is 113 cm³/mol. The summed E-state index contributed by atoms with van der Waals surface area (Å²) >= 11 is 0. The van der Waals surface area contributed by atoms with Gasteiger partial charge >= 0.3 is 0 Å². The number of carbonyl (C=O) groups is 2. The van der Waals surface area contributed by atoms with Gasteiger partial charge in [0, 0.05) is 32.0 Å². The third kappa shape index (κ3) is 6.02. The van der Waals surface area contributed by atoms with Crippen LogP contribution >= 0.6 is 0 Å². The summed E-state index contributed by atoms with van der Waals surface area (Å²) in [6.07, 6.45) is 5.05. The Morgan fingerprint density at radius 1 is 1.14 bits per heavy atom. The second-order valence-corrected chi connectivity index (χ2v) is 8.06. The Morgan fingerprint density at radius 2 is 1.86 bits per heavy atom. The molecule has 0 spiro atoms. The van der Waals surface area contributed by atoms with Crippen molar-refractivity contribution in [3.05, 3.63) is 48.0 Å². The Bertz CT molecular complexity index is 826. The first-order chi connectivity index (χ1) is 14.1. The predicted octanol–water partition coefficient (Wildman–Crippen LogP) is 3.01. The Hall–Kier alpha value is -2.44. The summed E-state index contributed by atoms with van der Waals surface area (Å²) in [6, 6.07) is 14.3. The van der Waals surface area contributed by atoms with Gasteiger partial charge in [-0.2, -0.15) is 0 Å². The molecule has 1 fully saturated rings. The molecular weight excluding hydrogens is 366 g/mol. The smallest absolute Gasteiger partial charge is 0.243 e. The molecule has 1 atom stereocenters. The number of likely N-dealkylation sites (tertiary alicyclic amines) is 1. The molecule has 6 nitrogen and oxygen atoms in total. The first-order valence-corrected chi connectivity index (χ1v) is 10.5. The summed E-state index contributed by atoms with van der Waals surface area (Å²) in [5.74, 6) is 0.337. The summed E-state index contributed by atoms with van der Waals surface area (Å²) < 4.78 is 0. The zero-order valence-corrected chi connectivity index (χ0v) is 16.8. The van der Waals surface area contributed by atoms with E-state index in [2.05, 4.69) is 24.3 Å². The highest BCUT2D eigenvalue weighted by Gasteiger charge is 2.24. The molecule has 6 heteroatoms. The summed E-state index contributed by atoms with van der Waals surface area (Å²) in [5.41, 5.74) is 9.19. The topological polar surface area (TPSA) is 95.7 Å². The monoisotopic (exact) mass is 397 g/mol. The van der Waals surface area contributed by atoms with E-state index in [-0.39, 0.29) is 17.9 Å². The highest BCUT2D eigenvalue weighted by molar-refractivity contribution is 5.85. The van der Waals surface area contributed by atoms with E-state index in [1.54, 1.807) is 5.48 Å². The van der Waals surface area contributed by atoms with Gasteiger partial charge in [-0.25, -0.2) is 5.48 Å². The molecule has 0 radical (unpaired) electrons. The molecule has 4 N–H and O–H groups in total. The van der Waals surface area contributed by atoms with Crippen LogP contribution in [0.25, 0.3) is 10.8 Å². The van der Waals surface area contributed by atoms with E-state index in [0.717, 1.165) is 38.8 Å². The van der Waals surface area contributed by atoms with Crippen molar-refractivity contribution in [1.82, 2.24) is 10.4 Å². The number of piperidine rings is 1. The van der Waals surface area contributed by atoms with E-state index in [9.17, 15) is 9.59 Å². The number of hydroxylamine groups is 1. The molecule has 2 amide bonds. The largest absolute Gasteiger partial charge is 0.343 e. The first-order valence-electron chi connectivity index (χ1n) is 10.5. The molecule has 2 aromatic carbocycles. The molecule has 156 valence electrons. The van der Waals surface area contributed by atoms with E-state index >= 15 is 0 Å². The fourth-order valence-corrected chi connectivity index (χ4v) is 4.26. The molecule has 1 heterocycles. The van der Waals surface area contributed by atoms with Gasteiger partial charge in [0.1, 0.15) is 0 Å². The van der Waals surface area contributed by atoms with Gasteiger partial charge in [0.05, 0.1) is 0 Å². The van der Waals surface area contributed by atoms with Crippen LogP contribution in [-0.4, -0.2) is 41.1 Å².